The maximum Gasteiger partial charge on any atom is 3.00 e. The number of aliphatic hydroxyl groups is 1. The van der Waals surface area contributed by atoms with E-state index in [1.54, 1.807) is 20.8 Å². The van der Waals surface area contributed by atoms with E-state index in [4.69, 9.17) is 24.1 Å². The van der Waals surface area contributed by atoms with Gasteiger partial charge in [0.1, 0.15) is 37.2 Å². The van der Waals surface area contributed by atoms with Crippen LogP contribution in [0.4, 0.5) is 0 Å². The van der Waals surface area contributed by atoms with Crippen molar-refractivity contribution in [3.8, 4) is 0 Å². The van der Waals surface area contributed by atoms with Crippen LogP contribution in [0, 0.1) is 0 Å². The first kappa shape index (κ1) is 44.7. The summed E-state index contributed by atoms with van der Waals surface area (Å²) in [6.07, 6.45) is 5.07. The Bertz CT molecular complexity index is 464. The van der Waals surface area contributed by atoms with Crippen molar-refractivity contribution in [1.29, 1.82) is 0 Å². The quantitative estimate of drug-likeness (QED) is 0.129. The molecule has 0 unspecified atom stereocenters. The first-order chi connectivity index (χ1) is 16.7. The second-order valence-electron chi connectivity index (χ2n) is 6.49. The molecule has 1 radical (unpaired) electrons. The zero-order valence-electron chi connectivity index (χ0n) is 22.1. The van der Waals surface area contributed by atoms with E-state index in [0.29, 0.717) is 32.5 Å². The van der Waals surface area contributed by atoms with E-state index in [9.17, 15) is 28.8 Å². The summed E-state index contributed by atoms with van der Waals surface area (Å²) in [6.45, 7) is 11.9. The van der Waals surface area contributed by atoms with E-state index in [1.807, 2.05) is 13.8 Å². The summed E-state index contributed by atoms with van der Waals surface area (Å²) >= 11 is 0. The van der Waals surface area contributed by atoms with Crippen LogP contribution in [0.25, 0.3) is 0 Å². The van der Waals surface area contributed by atoms with Crippen LogP contribution < -0.4 is 0 Å². The Kier molecular flexibility index (Phi) is 50.7. The molecule has 0 heterocycles. The van der Waals surface area contributed by atoms with E-state index in [0.717, 1.165) is 6.42 Å². The Morgan fingerprint density at radius 3 is 1.19 bits per heavy atom. The second-order valence-corrected chi connectivity index (χ2v) is 6.49. The van der Waals surface area contributed by atoms with E-state index < -0.39 is 0 Å². The third kappa shape index (κ3) is 53.9. The molecule has 0 bridgehead atoms. The summed E-state index contributed by atoms with van der Waals surface area (Å²) in [5.41, 5.74) is 0. The van der Waals surface area contributed by atoms with Gasteiger partial charge >= 0.3 is 26.2 Å². The standard InChI is InChI=1S/3C6H9O3.C6H14O2.Zr/c3*1-2-9-5-6(8)3-4-7;1-6(2)8-5-3-4-7;/h3*2-3,5H2,1H3;6-7H,3-5H2,1-2H3;/q3*-1;;+3. The van der Waals surface area contributed by atoms with E-state index >= 15 is 0 Å². The summed E-state index contributed by atoms with van der Waals surface area (Å²) < 4.78 is 19.3. The van der Waals surface area contributed by atoms with Gasteiger partial charge in [0.15, 0.2) is 0 Å². The van der Waals surface area contributed by atoms with Crippen LogP contribution in [-0.4, -0.2) is 100 Å². The number of hydrogen-bond donors (Lipinski definition) is 1. The molecule has 12 heteroatoms. The van der Waals surface area contributed by atoms with Crippen LogP contribution >= 0.6 is 0 Å². The van der Waals surface area contributed by atoms with Gasteiger partial charge in [0.2, 0.25) is 0 Å². The number of carbonyl (C=O) groups excluding carboxylic acids is 6. The maximum absolute atomic E-state index is 10.4. The fourth-order valence-corrected chi connectivity index (χ4v) is 1.43. The molecule has 0 aliphatic carbocycles. The fraction of sp³-hybridized carbons (Fsp3) is 0.750. The molecule has 11 nitrogen and oxygen atoms in total. The zero-order valence-corrected chi connectivity index (χ0v) is 24.6. The smallest absolute Gasteiger partial charge is 0.541 e. The van der Waals surface area contributed by atoms with Crippen LogP contribution in [-0.2, 0) is 73.9 Å². The molecule has 0 aromatic rings. The molecular formula is C24H41O11Zr. The molecular weight excluding hydrogens is 555 g/mol. The predicted molar refractivity (Wildman–Crippen MR) is 128 cm³/mol. The molecule has 36 heavy (non-hydrogen) atoms. The number of ketones is 3. The van der Waals surface area contributed by atoms with Crippen LogP contribution in [0.2, 0.25) is 0 Å². The fourth-order valence-electron chi connectivity index (χ4n) is 1.43. The van der Waals surface area contributed by atoms with Gasteiger partial charge in [0.05, 0.1) is 6.10 Å². The van der Waals surface area contributed by atoms with Crippen molar-refractivity contribution in [3.63, 3.8) is 0 Å². The number of hydrogen-bond acceptors (Lipinski definition) is 11. The monoisotopic (exact) mass is 595 g/mol. The largest absolute Gasteiger partial charge is 3.00 e. The molecule has 0 saturated heterocycles. The maximum atomic E-state index is 10.4. The molecule has 1 N–H and O–H groups in total. The third-order valence-corrected chi connectivity index (χ3v) is 2.96. The number of rotatable bonds is 19. The topological polar surface area (TPSA) is 160 Å². The van der Waals surface area contributed by atoms with Gasteiger partial charge in [-0.2, -0.15) is 0 Å². The predicted octanol–water partition coefficient (Wildman–Crippen LogP) is 1.07. The van der Waals surface area contributed by atoms with Crippen LogP contribution in [0.3, 0.4) is 0 Å². The molecule has 0 aliphatic heterocycles. The molecule has 0 amide bonds. The summed E-state index contributed by atoms with van der Waals surface area (Å²) in [6, 6.07) is 0. The SMILES string of the molecule is CC(C)OCCCO.CCOCC(=O)C[C-]=O.CCOCC(=O)C[C-]=O.CCOCC(=O)C[C-]=O.[Zr+3]. The Morgan fingerprint density at radius 1 is 0.694 bits per heavy atom. The van der Waals surface area contributed by atoms with Gasteiger partial charge in [-0.05, 0) is 41.0 Å². The molecule has 0 atom stereocenters. The Morgan fingerprint density at radius 2 is 1.00 bits per heavy atom. The minimum absolute atomic E-state index is 0. The van der Waals surface area contributed by atoms with Gasteiger partial charge in [-0.15, -0.1) is 0 Å². The van der Waals surface area contributed by atoms with Crippen LogP contribution in [0.15, 0.2) is 0 Å². The van der Waals surface area contributed by atoms with Crippen molar-refractivity contribution >= 4 is 36.2 Å². The van der Waals surface area contributed by atoms with E-state index in [2.05, 4.69) is 0 Å². The molecule has 0 aromatic heterocycles. The van der Waals surface area contributed by atoms with Crippen LogP contribution in [0.5, 0.6) is 0 Å². The minimum Gasteiger partial charge on any atom is -0.541 e. The van der Waals surface area contributed by atoms with Gasteiger partial charge in [0.25, 0.3) is 0 Å². The van der Waals surface area contributed by atoms with Gasteiger partial charge in [0, 0.05) is 33.0 Å². The van der Waals surface area contributed by atoms with Gasteiger partial charge in [-0.3, -0.25) is 33.2 Å². The Hall–Kier alpha value is -1.30. The van der Waals surface area contributed by atoms with Crippen molar-refractivity contribution < 1.29 is 79.0 Å². The molecule has 0 aliphatic rings. The van der Waals surface area contributed by atoms with Gasteiger partial charge in [-0.1, -0.05) is 19.3 Å². The molecule has 0 fully saturated rings. The first-order valence-electron chi connectivity index (χ1n) is 11.3. The average molecular weight is 597 g/mol. The Labute approximate surface area is 234 Å². The molecule has 0 spiro atoms. The van der Waals surface area contributed by atoms with Crippen molar-refractivity contribution in [2.24, 2.45) is 0 Å². The second kappa shape index (κ2) is 40.9. The molecule has 0 rings (SSSR count). The summed E-state index contributed by atoms with van der Waals surface area (Å²) in [7, 11) is 0. The van der Waals surface area contributed by atoms with Crippen molar-refractivity contribution in [2.75, 3.05) is 52.9 Å². The van der Waals surface area contributed by atoms with Crippen molar-refractivity contribution in [1.82, 2.24) is 0 Å². The normalized spacial score (nSPS) is 9.08. The number of ether oxygens (including phenoxy) is 4. The Balaban J connectivity index is -0.000000118. The average Bonchev–Trinajstić information content (AvgIpc) is 2.82. The van der Waals surface area contributed by atoms with Crippen LogP contribution in [0.1, 0.15) is 60.3 Å². The van der Waals surface area contributed by atoms with Crippen molar-refractivity contribution in [2.45, 2.75) is 66.4 Å². The molecule has 0 saturated carbocycles. The van der Waals surface area contributed by atoms with Gasteiger partial charge in [-0.25, -0.2) is 0 Å². The summed E-state index contributed by atoms with van der Waals surface area (Å²) in [4.78, 5) is 60.0. The number of Topliss-reactive ketones (excluding diaryl/α,β-unsaturated/α-hetero) is 3. The number of aliphatic hydroxyl groups excluding tert-OH is 1. The first-order valence-corrected chi connectivity index (χ1v) is 11.3. The molecule has 0 aromatic carbocycles. The number of carbonyl (C=O) groups is 3. The third-order valence-electron chi connectivity index (χ3n) is 2.96. The zero-order chi connectivity index (χ0) is 27.7. The minimum atomic E-state index is -0.216. The van der Waals surface area contributed by atoms with E-state index in [-0.39, 0.29) is 89.2 Å². The summed E-state index contributed by atoms with van der Waals surface area (Å²) in [5, 5.41) is 8.30. The van der Waals surface area contributed by atoms with Gasteiger partial charge < -0.3 is 38.4 Å². The van der Waals surface area contributed by atoms with Crippen molar-refractivity contribution in [3.05, 3.63) is 0 Å². The summed E-state index contributed by atoms with van der Waals surface area (Å²) in [5.74, 6) is -0.648. The van der Waals surface area contributed by atoms with E-state index in [1.165, 1.54) is 18.9 Å². The molecule has 207 valence electrons.